The molecule has 74 valence electrons. The number of allylic oxidation sites excluding steroid dienone is 2. The van der Waals surface area contributed by atoms with Gasteiger partial charge in [0.1, 0.15) is 0 Å². The van der Waals surface area contributed by atoms with Crippen LogP contribution >= 0.6 is 0 Å². The van der Waals surface area contributed by atoms with E-state index in [1.165, 1.54) is 5.56 Å². The zero-order valence-electron chi connectivity index (χ0n) is 8.43. The summed E-state index contributed by atoms with van der Waals surface area (Å²) in [6.07, 6.45) is 8.40. The van der Waals surface area contributed by atoms with Crippen LogP contribution < -0.4 is 0 Å². The highest BCUT2D eigenvalue weighted by molar-refractivity contribution is 5.50. The first-order valence-electron chi connectivity index (χ1n) is 4.85. The van der Waals surface area contributed by atoms with Gasteiger partial charge in [-0.2, -0.15) is 0 Å². The van der Waals surface area contributed by atoms with Crippen LogP contribution in [0, 0.1) is 0 Å². The second kappa shape index (κ2) is 6.17. The van der Waals surface area contributed by atoms with E-state index in [1.54, 1.807) is 6.92 Å². The van der Waals surface area contributed by atoms with Crippen LogP contribution in [0.5, 0.6) is 0 Å². The van der Waals surface area contributed by atoms with E-state index in [0.717, 1.165) is 0 Å². The summed E-state index contributed by atoms with van der Waals surface area (Å²) in [5.41, 5.74) is 1.19. The monoisotopic (exact) mass is 188 g/mol. The van der Waals surface area contributed by atoms with Crippen molar-refractivity contribution in [3.63, 3.8) is 0 Å². The molecule has 0 aromatic heterocycles. The lowest BCUT2D eigenvalue weighted by Crippen LogP contribution is -1.94. The molecule has 0 amide bonds. The standard InChI is InChI=1S/C13H16O/c1-12(14)8-4-2-5-9-13-10-6-3-7-11-13/h2-7,9-12,14H,8H2,1H3/b4-2-,9-5-/t12-/m1/s1. The maximum atomic E-state index is 8.99. The Labute approximate surface area is 85.4 Å². The van der Waals surface area contributed by atoms with Crippen molar-refractivity contribution in [3.8, 4) is 0 Å². The summed E-state index contributed by atoms with van der Waals surface area (Å²) in [4.78, 5) is 0. The molecule has 0 aliphatic carbocycles. The maximum Gasteiger partial charge on any atom is 0.0546 e. The Hall–Kier alpha value is -1.34. The minimum Gasteiger partial charge on any atom is -0.393 e. The van der Waals surface area contributed by atoms with Crippen LogP contribution in [0.4, 0.5) is 0 Å². The summed E-state index contributed by atoms with van der Waals surface area (Å²) < 4.78 is 0. The number of aliphatic hydroxyl groups is 1. The van der Waals surface area contributed by atoms with Crippen LogP contribution in [0.2, 0.25) is 0 Å². The Morgan fingerprint density at radius 2 is 1.93 bits per heavy atom. The zero-order valence-corrected chi connectivity index (χ0v) is 8.43. The largest absolute Gasteiger partial charge is 0.393 e. The van der Waals surface area contributed by atoms with Crippen molar-refractivity contribution in [3.05, 3.63) is 54.1 Å². The second-order valence-corrected chi connectivity index (χ2v) is 3.28. The first-order chi connectivity index (χ1) is 6.79. The Kier molecular flexibility index (Phi) is 4.73. The summed E-state index contributed by atoms with van der Waals surface area (Å²) in [6, 6.07) is 10.1. The van der Waals surface area contributed by atoms with E-state index >= 15 is 0 Å². The quantitative estimate of drug-likeness (QED) is 0.720. The molecule has 0 saturated heterocycles. The predicted octanol–water partition coefficient (Wildman–Crippen LogP) is 3.03. The average Bonchev–Trinajstić information content (AvgIpc) is 2.18. The van der Waals surface area contributed by atoms with Crippen molar-refractivity contribution < 1.29 is 5.11 Å². The van der Waals surface area contributed by atoms with E-state index in [1.807, 2.05) is 42.5 Å². The molecule has 1 aromatic carbocycles. The molecule has 0 saturated carbocycles. The second-order valence-electron chi connectivity index (χ2n) is 3.28. The molecule has 1 aromatic rings. The molecule has 0 aliphatic rings. The highest BCUT2D eigenvalue weighted by Gasteiger charge is 1.86. The smallest absolute Gasteiger partial charge is 0.0546 e. The van der Waals surface area contributed by atoms with Gasteiger partial charge in [-0.1, -0.05) is 54.6 Å². The molecule has 0 aliphatic heterocycles. The van der Waals surface area contributed by atoms with E-state index in [0.29, 0.717) is 6.42 Å². The first-order valence-corrected chi connectivity index (χ1v) is 4.85. The van der Waals surface area contributed by atoms with E-state index in [9.17, 15) is 0 Å². The summed E-state index contributed by atoms with van der Waals surface area (Å²) in [5, 5.41) is 8.99. The van der Waals surface area contributed by atoms with Gasteiger partial charge in [0.05, 0.1) is 6.10 Å². The first kappa shape index (κ1) is 10.7. The highest BCUT2D eigenvalue weighted by atomic mass is 16.3. The minimum absolute atomic E-state index is 0.253. The molecule has 1 nitrogen and oxygen atoms in total. The highest BCUT2D eigenvalue weighted by Crippen LogP contribution is 2.01. The van der Waals surface area contributed by atoms with Crippen LogP contribution in [0.15, 0.2) is 48.6 Å². The van der Waals surface area contributed by atoms with E-state index < -0.39 is 0 Å². The number of aliphatic hydroxyl groups excluding tert-OH is 1. The molecule has 0 spiro atoms. The summed E-state index contributed by atoms with van der Waals surface area (Å²) in [7, 11) is 0. The van der Waals surface area contributed by atoms with Crippen LogP contribution in [-0.2, 0) is 0 Å². The van der Waals surface area contributed by atoms with Crippen LogP contribution in [0.3, 0.4) is 0 Å². The molecule has 0 unspecified atom stereocenters. The predicted molar refractivity (Wildman–Crippen MR) is 60.9 cm³/mol. The molecule has 1 atom stereocenters. The normalized spacial score (nSPS) is 13.9. The van der Waals surface area contributed by atoms with Crippen molar-refractivity contribution in [2.75, 3.05) is 0 Å². The van der Waals surface area contributed by atoms with Gasteiger partial charge in [0.25, 0.3) is 0 Å². The summed E-state index contributed by atoms with van der Waals surface area (Å²) in [6.45, 7) is 1.78. The fraction of sp³-hybridized carbons (Fsp3) is 0.231. The van der Waals surface area contributed by atoms with Crippen molar-refractivity contribution in [2.24, 2.45) is 0 Å². The van der Waals surface area contributed by atoms with Crippen molar-refractivity contribution in [1.29, 1.82) is 0 Å². The third-order valence-electron chi connectivity index (χ3n) is 1.81. The molecular formula is C13H16O. The average molecular weight is 188 g/mol. The fourth-order valence-corrected chi connectivity index (χ4v) is 1.08. The number of benzene rings is 1. The lowest BCUT2D eigenvalue weighted by Gasteiger charge is -1.94. The van der Waals surface area contributed by atoms with Gasteiger partial charge in [0, 0.05) is 0 Å². The lowest BCUT2D eigenvalue weighted by molar-refractivity contribution is 0.198. The van der Waals surface area contributed by atoms with Gasteiger partial charge in [0.15, 0.2) is 0 Å². The van der Waals surface area contributed by atoms with Gasteiger partial charge in [-0.3, -0.25) is 0 Å². The molecule has 1 rings (SSSR count). The molecule has 0 bridgehead atoms. The van der Waals surface area contributed by atoms with Gasteiger partial charge in [0.2, 0.25) is 0 Å². The number of rotatable bonds is 4. The van der Waals surface area contributed by atoms with Gasteiger partial charge < -0.3 is 5.11 Å². The SMILES string of the molecule is C[C@@H](O)C/C=C\C=C/c1ccccc1. The molecule has 0 heterocycles. The van der Waals surface area contributed by atoms with Gasteiger partial charge in [-0.25, -0.2) is 0 Å². The summed E-state index contributed by atoms with van der Waals surface area (Å²) >= 11 is 0. The van der Waals surface area contributed by atoms with Crippen molar-refractivity contribution in [2.45, 2.75) is 19.4 Å². The molecule has 1 N–H and O–H groups in total. The maximum absolute atomic E-state index is 8.99. The third-order valence-corrected chi connectivity index (χ3v) is 1.81. The lowest BCUT2D eigenvalue weighted by atomic mass is 10.2. The Bertz CT molecular complexity index is 296. The van der Waals surface area contributed by atoms with Crippen molar-refractivity contribution >= 4 is 6.08 Å². The van der Waals surface area contributed by atoms with Crippen LogP contribution in [0.25, 0.3) is 6.08 Å². The number of hydrogen-bond donors (Lipinski definition) is 1. The zero-order chi connectivity index (χ0) is 10.2. The molecule has 0 radical (unpaired) electrons. The number of hydrogen-bond acceptors (Lipinski definition) is 1. The van der Waals surface area contributed by atoms with E-state index in [-0.39, 0.29) is 6.10 Å². The Morgan fingerprint density at radius 3 is 2.57 bits per heavy atom. The molecular weight excluding hydrogens is 172 g/mol. The van der Waals surface area contributed by atoms with Gasteiger partial charge in [-0.15, -0.1) is 0 Å². The van der Waals surface area contributed by atoms with Crippen LogP contribution in [-0.4, -0.2) is 11.2 Å². The topological polar surface area (TPSA) is 20.2 Å². The molecule has 14 heavy (non-hydrogen) atoms. The van der Waals surface area contributed by atoms with E-state index in [2.05, 4.69) is 12.1 Å². The molecule has 1 heteroatoms. The fourth-order valence-electron chi connectivity index (χ4n) is 1.08. The van der Waals surface area contributed by atoms with Crippen molar-refractivity contribution in [1.82, 2.24) is 0 Å². The van der Waals surface area contributed by atoms with E-state index in [4.69, 9.17) is 5.11 Å². The van der Waals surface area contributed by atoms with Crippen LogP contribution in [0.1, 0.15) is 18.9 Å². The minimum atomic E-state index is -0.253. The summed E-state index contributed by atoms with van der Waals surface area (Å²) in [5.74, 6) is 0. The molecule has 0 fully saturated rings. The van der Waals surface area contributed by atoms with Gasteiger partial charge in [-0.05, 0) is 18.9 Å². The Balaban J connectivity index is 2.38. The Morgan fingerprint density at radius 1 is 1.21 bits per heavy atom. The van der Waals surface area contributed by atoms with Gasteiger partial charge >= 0.3 is 0 Å². The third kappa shape index (κ3) is 4.63.